The SMILES string of the molecule is CCn1c(CN2CCC[C@H](C(=O)N3CCN(C(=O)c4ccc(Cl)cc4Cl)CC3)C2)nc2ccccc21. The average Bonchev–Trinajstić information content (AvgIpc) is 3.25. The van der Waals surface area contributed by atoms with E-state index in [-0.39, 0.29) is 17.7 Å². The summed E-state index contributed by atoms with van der Waals surface area (Å²) in [5.74, 6) is 1.11. The second-order valence-electron chi connectivity index (χ2n) is 9.58. The molecule has 0 radical (unpaired) electrons. The van der Waals surface area contributed by atoms with Gasteiger partial charge in [0.2, 0.25) is 5.91 Å². The Morgan fingerprint density at radius 3 is 2.50 bits per heavy atom. The van der Waals surface area contributed by atoms with Crippen molar-refractivity contribution in [3.05, 3.63) is 63.9 Å². The highest BCUT2D eigenvalue weighted by atomic mass is 35.5. The van der Waals surface area contributed by atoms with Crippen molar-refractivity contribution >= 4 is 46.0 Å². The molecule has 0 unspecified atom stereocenters. The molecule has 2 amide bonds. The number of nitrogens with zero attached hydrogens (tertiary/aromatic N) is 5. The van der Waals surface area contributed by atoms with Crippen molar-refractivity contribution in [2.75, 3.05) is 39.3 Å². The summed E-state index contributed by atoms with van der Waals surface area (Å²) in [4.78, 5) is 37.2. The Bertz CT molecular complexity index is 1270. The Morgan fingerprint density at radius 1 is 1.00 bits per heavy atom. The van der Waals surface area contributed by atoms with Gasteiger partial charge in [-0.3, -0.25) is 14.5 Å². The lowest BCUT2D eigenvalue weighted by Crippen LogP contribution is -2.53. The van der Waals surface area contributed by atoms with Crippen LogP contribution < -0.4 is 0 Å². The maximum Gasteiger partial charge on any atom is 0.255 e. The van der Waals surface area contributed by atoms with E-state index in [2.05, 4.69) is 28.5 Å². The number of rotatable bonds is 5. The number of carbonyl (C=O) groups excluding carboxylic acids is 2. The highest BCUT2D eigenvalue weighted by molar-refractivity contribution is 6.36. The minimum absolute atomic E-state index is 0.0221. The molecular weight excluding hydrogens is 497 g/mol. The smallest absolute Gasteiger partial charge is 0.255 e. The van der Waals surface area contributed by atoms with Crippen LogP contribution in [-0.4, -0.2) is 75.3 Å². The Balaban J connectivity index is 1.19. The third-order valence-electron chi connectivity index (χ3n) is 7.31. The first-order chi connectivity index (χ1) is 17.4. The van der Waals surface area contributed by atoms with E-state index in [9.17, 15) is 9.59 Å². The molecule has 3 heterocycles. The van der Waals surface area contributed by atoms with E-state index in [0.717, 1.165) is 55.9 Å². The highest BCUT2D eigenvalue weighted by Crippen LogP contribution is 2.25. The summed E-state index contributed by atoms with van der Waals surface area (Å²) in [7, 11) is 0. The molecule has 0 bridgehead atoms. The number of hydrogen-bond donors (Lipinski definition) is 0. The number of fused-ring (bicyclic) bond motifs is 1. The number of piperazine rings is 1. The van der Waals surface area contributed by atoms with E-state index in [1.165, 1.54) is 0 Å². The molecule has 2 aliphatic heterocycles. The van der Waals surface area contributed by atoms with Crippen molar-refractivity contribution in [3.8, 4) is 0 Å². The van der Waals surface area contributed by atoms with E-state index in [0.29, 0.717) is 41.8 Å². The fourth-order valence-electron chi connectivity index (χ4n) is 5.42. The van der Waals surface area contributed by atoms with E-state index in [1.54, 1.807) is 23.1 Å². The van der Waals surface area contributed by atoms with E-state index >= 15 is 0 Å². The maximum atomic E-state index is 13.4. The second kappa shape index (κ2) is 10.8. The van der Waals surface area contributed by atoms with Crippen LogP contribution in [0.25, 0.3) is 11.0 Å². The number of piperidine rings is 1. The molecule has 1 atom stereocenters. The second-order valence-corrected chi connectivity index (χ2v) is 10.4. The van der Waals surface area contributed by atoms with Gasteiger partial charge in [0.25, 0.3) is 5.91 Å². The molecule has 0 spiro atoms. The molecule has 2 saturated heterocycles. The topological polar surface area (TPSA) is 61.7 Å². The zero-order valence-electron chi connectivity index (χ0n) is 20.5. The molecular formula is C27H31Cl2N5O2. The average molecular weight is 528 g/mol. The van der Waals surface area contributed by atoms with Crippen LogP contribution in [0.2, 0.25) is 10.0 Å². The standard InChI is InChI=1S/C27H31Cl2N5O2/c1-2-34-24-8-4-3-7-23(24)30-25(34)18-31-11-5-6-19(17-31)26(35)32-12-14-33(15-13-32)27(36)21-10-9-20(28)16-22(21)29/h3-4,7-10,16,19H,2,5-6,11-15,17-18H2,1H3/t19-/m0/s1. The monoisotopic (exact) mass is 527 g/mol. The largest absolute Gasteiger partial charge is 0.339 e. The number of aromatic nitrogens is 2. The normalized spacial score (nSPS) is 19.1. The maximum absolute atomic E-state index is 13.4. The number of aryl methyl sites for hydroxylation is 1. The van der Waals surface area contributed by atoms with Crippen LogP contribution in [0.15, 0.2) is 42.5 Å². The fourth-order valence-corrected chi connectivity index (χ4v) is 5.91. The summed E-state index contributed by atoms with van der Waals surface area (Å²) in [6, 6.07) is 13.2. The van der Waals surface area contributed by atoms with Crippen LogP contribution in [0.3, 0.4) is 0 Å². The molecule has 5 rings (SSSR count). The molecule has 3 aromatic rings. The Kier molecular flexibility index (Phi) is 7.51. The van der Waals surface area contributed by atoms with Gasteiger partial charge in [0.15, 0.2) is 0 Å². The predicted octanol–water partition coefficient (Wildman–Crippen LogP) is 4.56. The molecule has 190 valence electrons. The number of para-hydroxylation sites is 2. The first-order valence-corrected chi connectivity index (χ1v) is 13.4. The summed E-state index contributed by atoms with van der Waals surface area (Å²) >= 11 is 12.2. The lowest BCUT2D eigenvalue weighted by molar-refractivity contribution is -0.139. The molecule has 2 aromatic carbocycles. The fraction of sp³-hybridized carbons (Fsp3) is 0.444. The van der Waals surface area contributed by atoms with Crippen LogP contribution >= 0.6 is 23.2 Å². The van der Waals surface area contributed by atoms with Crippen LogP contribution in [0, 0.1) is 5.92 Å². The summed E-state index contributed by atoms with van der Waals surface area (Å²) in [6.45, 7) is 7.56. The molecule has 2 fully saturated rings. The Labute approximate surface area is 221 Å². The summed E-state index contributed by atoms with van der Waals surface area (Å²) < 4.78 is 2.27. The number of halogens is 2. The number of benzene rings is 2. The minimum Gasteiger partial charge on any atom is -0.339 e. The Morgan fingerprint density at radius 2 is 1.75 bits per heavy atom. The number of imidazole rings is 1. The van der Waals surface area contributed by atoms with E-state index in [4.69, 9.17) is 28.2 Å². The van der Waals surface area contributed by atoms with Crippen LogP contribution in [0.1, 0.15) is 35.9 Å². The van der Waals surface area contributed by atoms with Gasteiger partial charge in [-0.25, -0.2) is 4.98 Å². The molecule has 9 heteroatoms. The summed E-state index contributed by atoms with van der Waals surface area (Å²) in [6.07, 6.45) is 1.90. The van der Waals surface area contributed by atoms with Crippen LogP contribution in [-0.2, 0) is 17.9 Å². The third-order valence-corrected chi connectivity index (χ3v) is 7.86. The van der Waals surface area contributed by atoms with Crippen molar-refractivity contribution in [1.82, 2.24) is 24.3 Å². The van der Waals surface area contributed by atoms with Crippen molar-refractivity contribution in [3.63, 3.8) is 0 Å². The van der Waals surface area contributed by atoms with Gasteiger partial charge in [-0.05, 0) is 56.6 Å². The molecule has 0 saturated carbocycles. The van der Waals surface area contributed by atoms with Crippen molar-refractivity contribution in [1.29, 1.82) is 0 Å². The summed E-state index contributed by atoms with van der Waals surface area (Å²) in [5.41, 5.74) is 2.63. The third kappa shape index (κ3) is 5.10. The highest BCUT2D eigenvalue weighted by Gasteiger charge is 2.32. The number of hydrogen-bond acceptors (Lipinski definition) is 4. The first kappa shape index (κ1) is 25.1. The van der Waals surface area contributed by atoms with Gasteiger partial charge in [0, 0.05) is 44.3 Å². The summed E-state index contributed by atoms with van der Waals surface area (Å²) in [5, 5.41) is 0.852. The molecule has 1 aromatic heterocycles. The zero-order chi connectivity index (χ0) is 25.2. The van der Waals surface area contributed by atoms with Gasteiger partial charge in [-0.1, -0.05) is 35.3 Å². The Hall–Kier alpha value is -2.61. The van der Waals surface area contributed by atoms with Gasteiger partial charge in [0.05, 0.1) is 34.1 Å². The van der Waals surface area contributed by atoms with Gasteiger partial charge < -0.3 is 14.4 Å². The zero-order valence-corrected chi connectivity index (χ0v) is 22.0. The van der Waals surface area contributed by atoms with Gasteiger partial charge in [-0.15, -0.1) is 0 Å². The minimum atomic E-state index is -0.119. The van der Waals surface area contributed by atoms with Crippen LogP contribution in [0.5, 0.6) is 0 Å². The molecule has 0 N–H and O–H groups in total. The number of amides is 2. The van der Waals surface area contributed by atoms with Gasteiger partial charge in [0.1, 0.15) is 5.82 Å². The quantitative estimate of drug-likeness (QED) is 0.487. The predicted molar refractivity (Wildman–Crippen MR) is 142 cm³/mol. The molecule has 0 aliphatic carbocycles. The number of likely N-dealkylation sites (tertiary alicyclic amines) is 1. The van der Waals surface area contributed by atoms with E-state index in [1.807, 2.05) is 17.0 Å². The van der Waals surface area contributed by atoms with Gasteiger partial charge in [-0.2, -0.15) is 0 Å². The molecule has 36 heavy (non-hydrogen) atoms. The van der Waals surface area contributed by atoms with Crippen molar-refractivity contribution < 1.29 is 9.59 Å². The van der Waals surface area contributed by atoms with Crippen molar-refractivity contribution in [2.45, 2.75) is 32.9 Å². The first-order valence-electron chi connectivity index (χ1n) is 12.6. The van der Waals surface area contributed by atoms with E-state index < -0.39 is 0 Å². The van der Waals surface area contributed by atoms with Crippen LogP contribution in [0.4, 0.5) is 0 Å². The van der Waals surface area contributed by atoms with Gasteiger partial charge >= 0.3 is 0 Å². The number of carbonyl (C=O) groups is 2. The van der Waals surface area contributed by atoms with Crippen molar-refractivity contribution in [2.24, 2.45) is 5.92 Å². The molecule has 2 aliphatic rings. The lowest BCUT2D eigenvalue weighted by atomic mass is 9.96. The lowest BCUT2D eigenvalue weighted by Gasteiger charge is -2.39. The molecule has 7 nitrogen and oxygen atoms in total.